The number of nitrogens with zero attached hydrogens (tertiary/aromatic N) is 1. The number of rotatable bonds is 7. The largest absolute Gasteiger partial charge is 0.417 e. The maximum Gasteiger partial charge on any atom is 0.417 e. The first-order chi connectivity index (χ1) is 13.2. The van der Waals surface area contributed by atoms with Crippen molar-refractivity contribution in [1.82, 2.24) is 9.29 Å². The van der Waals surface area contributed by atoms with Crippen LogP contribution < -0.4 is 10.5 Å². The standard InChI is InChI=1S/C17H19N3O6S2/c1-3-20(4-2)28(24,25)13-7-5-12(6-8-13)19-27(22,23)14-9-10-16-15(11-14)18-17(21)26-16/h5-11,19H,3-4H2,1-2H3,(H,18,21). The van der Waals surface area contributed by atoms with Crippen molar-refractivity contribution in [1.29, 1.82) is 0 Å². The second-order valence-electron chi connectivity index (χ2n) is 5.89. The quantitative estimate of drug-likeness (QED) is 0.595. The molecule has 0 spiro atoms. The lowest BCUT2D eigenvalue weighted by Gasteiger charge is -2.18. The summed E-state index contributed by atoms with van der Waals surface area (Å²) in [5, 5.41) is 0. The summed E-state index contributed by atoms with van der Waals surface area (Å²) in [4.78, 5) is 13.6. The molecule has 3 rings (SSSR count). The first-order valence-electron chi connectivity index (χ1n) is 8.43. The molecule has 0 aliphatic heterocycles. The second-order valence-corrected chi connectivity index (χ2v) is 9.51. The topological polar surface area (TPSA) is 130 Å². The highest BCUT2D eigenvalue weighted by atomic mass is 32.2. The van der Waals surface area contributed by atoms with Gasteiger partial charge in [-0.25, -0.2) is 21.6 Å². The number of fused-ring (bicyclic) bond motifs is 1. The third kappa shape index (κ3) is 3.81. The number of aromatic amines is 1. The van der Waals surface area contributed by atoms with E-state index in [0.29, 0.717) is 13.1 Å². The average molecular weight is 425 g/mol. The van der Waals surface area contributed by atoms with Crippen LogP contribution in [0.5, 0.6) is 0 Å². The molecule has 0 atom stereocenters. The number of nitrogens with one attached hydrogen (secondary N) is 2. The van der Waals surface area contributed by atoms with Gasteiger partial charge in [-0.3, -0.25) is 9.71 Å². The summed E-state index contributed by atoms with van der Waals surface area (Å²) in [6.45, 7) is 4.17. The monoisotopic (exact) mass is 425 g/mol. The number of hydrogen-bond donors (Lipinski definition) is 2. The summed E-state index contributed by atoms with van der Waals surface area (Å²) >= 11 is 0. The maximum atomic E-state index is 12.6. The van der Waals surface area contributed by atoms with Crippen LogP contribution >= 0.6 is 0 Å². The minimum absolute atomic E-state index is 0.0723. The Morgan fingerprint density at radius 3 is 2.18 bits per heavy atom. The van der Waals surface area contributed by atoms with Crippen molar-refractivity contribution in [2.45, 2.75) is 23.6 Å². The molecule has 2 aromatic carbocycles. The molecule has 11 heteroatoms. The first-order valence-corrected chi connectivity index (χ1v) is 11.4. The van der Waals surface area contributed by atoms with Gasteiger partial charge in [0.2, 0.25) is 10.0 Å². The number of benzene rings is 2. The SMILES string of the molecule is CCN(CC)S(=O)(=O)c1ccc(NS(=O)(=O)c2ccc3oc(=O)[nH]c3c2)cc1. The fourth-order valence-corrected chi connectivity index (χ4v) is 5.26. The molecular formula is C17H19N3O6S2. The Hall–Kier alpha value is -2.63. The van der Waals surface area contributed by atoms with E-state index >= 15 is 0 Å². The number of hydrogen-bond acceptors (Lipinski definition) is 6. The van der Waals surface area contributed by atoms with Crippen molar-refractivity contribution in [3.8, 4) is 0 Å². The van der Waals surface area contributed by atoms with E-state index in [2.05, 4.69) is 9.71 Å². The Balaban J connectivity index is 1.87. The number of oxazole rings is 1. The van der Waals surface area contributed by atoms with E-state index in [1.54, 1.807) is 13.8 Å². The molecule has 0 bridgehead atoms. The van der Waals surface area contributed by atoms with Crippen molar-refractivity contribution in [2.24, 2.45) is 0 Å². The summed E-state index contributed by atoms with van der Waals surface area (Å²) < 4.78 is 58.7. The first kappa shape index (κ1) is 20.1. The van der Waals surface area contributed by atoms with E-state index in [4.69, 9.17) is 4.42 Å². The van der Waals surface area contributed by atoms with Crippen LogP contribution in [-0.4, -0.2) is 39.2 Å². The van der Waals surface area contributed by atoms with Gasteiger partial charge in [0.15, 0.2) is 5.58 Å². The number of sulfonamides is 2. The van der Waals surface area contributed by atoms with Gasteiger partial charge in [-0.15, -0.1) is 0 Å². The van der Waals surface area contributed by atoms with Crippen LogP contribution in [0.25, 0.3) is 11.1 Å². The maximum absolute atomic E-state index is 12.6. The van der Waals surface area contributed by atoms with Gasteiger partial charge in [-0.1, -0.05) is 13.8 Å². The molecule has 28 heavy (non-hydrogen) atoms. The van der Waals surface area contributed by atoms with Gasteiger partial charge in [-0.05, 0) is 42.5 Å². The molecule has 0 amide bonds. The molecule has 0 aliphatic rings. The van der Waals surface area contributed by atoms with Gasteiger partial charge in [0.05, 0.1) is 15.3 Å². The Kier molecular flexibility index (Phi) is 5.33. The summed E-state index contributed by atoms with van der Waals surface area (Å²) in [7, 11) is -7.57. The van der Waals surface area contributed by atoms with Crippen molar-refractivity contribution in [3.63, 3.8) is 0 Å². The molecule has 0 aliphatic carbocycles. The number of aromatic nitrogens is 1. The van der Waals surface area contributed by atoms with Crippen LogP contribution in [0.15, 0.2) is 61.5 Å². The van der Waals surface area contributed by atoms with E-state index in [0.717, 1.165) is 0 Å². The molecule has 3 aromatic rings. The zero-order valence-corrected chi connectivity index (χ0v) is 16.8. The van der Waals surface area contributed by atoms with Gasteiger partial charge < -0.3 is 4.42 Å². The Bertz CT molecular complexity index is 1250. The second kappa shape index (κ2) is 7.41. The highest BCUT2D eigenvalue weighted by Gasteiger charge is 2.22. The lowest BCUT2D eigenvalue weighted by Crippen LogP contribution is -2.30. The van der Waals surface area contributed by atoms with Crippen molar-refractivity contribution >= 4 is 36.8 Å². The molecule has 0 fully saturated rings. The molecule has 0 saturated heterocycles. The van der Waals surface area contributed by atoms with E-state index in [1.165, 1.54) is 46.8 Å². The summed E-state index contributed by atoms with van der Waals surface area (Å²) in [5.41, 5.74) is 0.711. The smallest absolute Gasteiger partial charge is 0.408 e. The van der Waals surface area contributed by atoms with Crippen molar-refractivity contribution in [3.05, 3.63) is 53.0 Å². The normalized spacial score (nSPS) is 12.5. The fourth-order valence-electron chi connectivity index (χ4n) is 2.72. The van der Waals surface area contributed by atoms with Gasteiger partial charge in [0.25, 0.3) is 10.0 Å². The number of anilines is 1. The van der Waals surface area contributed by atoms with Crippen molar-refractivity contribution < 1.29 is 21.3 Å². The van der Waals surface area contributed by atoms with Gasteiger partial charge in [0, 0.05) is 18.8 Å². The molecule has 1 aromatic heterocycles. The molecule has 1 heterocycles. The van der Waals surface area contributed by atoms with E-state index < -0.39 is 25.8 Å². The third-order valence-electron chi connectivity index (χ3n) is 4.15. The van der Waals surface area contributed by atoms with Crippen LogP contribution in [0.1, 0.15) is 13.8 Å². The lowest BCUT2D eigenvalue weighted by molar-refractivity contribution is 0.445. The predicted octanol–water partition coefficient (Wildman–Crippen LogP) is 1.95. The molecule has 0 unspecified atom stereocenters. The summed E-state index contributed by atoms with van der Waals surface area (Å²) in [5.74, 6) is -0.678. The van der Waals surface area contributed by atoms with Gasteiger partial charge in [-0.2, -0.15) is 4.31 Å². The Labute approximate surface area is 162 Å². The van der Waals surface area contributed by atoms with Gasteiger partial charge >= 0.3 is 5.76 Å². The fraction of sp³-hybridized carbons (Fsp3) is 0.235. The van der Waals surface area contributed by atoms with E-state index in [-0.39, 0.29) is 26.6 Å². The van der Waals surface area contributed by atoms with Gasteiger partial charge in [0.1, 0.15) is 0 Å². The molecular weight excluding hydrogens is 406 g/mol. The molecule has 0 radical (unpaired) electrons. The highest BCUT2D eigenvalue weighted by Crippen LogP contribution is 2.22. The van der Waals surface area contributed by atoms with Crippen LogP contribution in [0.4, 0.5) is 5.69 Å². The van der Waals surface area contributed by atoms with Crippen LogP contribution in [0.3, 0.4) is 0 Å². The number of H-pyrrole nitrogens is 1. The van der Waals surface area contributed by atoms with Crippen molar-refractivity contribution in [2.75, 3.05) is 17.8 Å². The zero-order chi connectivity index (χ0) is 20.5. The zero-order valence-electron chi connectivity index (χ0n) is 15.2. The van der Waals surface area contributed by atoms with Crippen LogP contribution in [-0.2, 0) is 20.0 Å². The average Bonchev–Trinajstić information content (AvgIpc) is 3.01. The predicted molar refractivity (Wildman–Crippen MR) is 104 cm³/mol. The molecule has 2 N–H and O–H groups in total. The van der Waals surface area contributed by atoms with Crippen LogP contribution in [0, 0.1) is 0 Å². The van der Waals surface area contributed by atoms with E-state index in [1.807, 2.05) is 0 Å². The van der Waals surface area contributed by atoms with Crippen LogP contribution in [0.2, 0.25) is 0 Å². The van der Waals surface area contributed by atoms with E-state index in [9.17, 15) is 21.6 Å². The lowest BCUT2D eigenvalue weighted by atomic mass is 10.3. The Morgan fingerprint density at radius 2 is 1.57 bits per heavy atom. The molecule has 9 nitrogen and oxygen atoms in total. The summed E-state index contributed by atoms with van der Waals surface area (Å²) in [6.07, 6.45) is 0. The molecule has 150 valence electrons. The minimum atomic E-state index is -3.94. The minimum Gasteiger partial charge on any atom is -0.408 e. The summed E-state index contributed by atoms with van der Waals surface area (Å²) in [6, 6.07) is 9.42. The highest BCUT2D eigenvalue weighted by molar-refractivity contribution is 7.92. The third-order valence-corrected chi connectivity index (χ3v) is 7.59. The molecule has 0 saturated carbocycles. The Morgan fingerprint density at radius 1 is 0.964 bits per heavy atom.